The molecule has 3 aliphatic heterocycles. The zero-order valence-corrected chi connectivity index (χ0v) is 20.9. The Morgan fingerprint density at radius 2 is 1.79 bits per heavy atom. The van der Waals surface area contributed by atoms with Crippen molar-refractivity contribution in [2.45, 2.75) is 117 Å². The molecule has 10 atom stereocenters. The summed E-state index contributed by atoms with van der Waals surface area (Å²) >= 11 is 0. The third-order valence-corrected chi connectivity index (χ3v) is 11.2. The smallest absolute Gasteiger partial charge is 0.311 e. The normalized spacial score (nSPS) is 54.2. The molecule has 3 heterocycles. The Morgan fingerprint density at radius 1 is 1.00 bits per heavy atom. The van der Waals surface area contributed by atoms with Gasteiger partial charge in [-0.15, -0.1) is 0 Å². The Bertz CT molecular complexity index is 869. The molecule has 0 aromatic rings. The van der Waals surface area contributed by atoms with Crippen molar-refractivity contribution in [1.82, 2.24) is 0 Å². The van der Waals surface area contributed by atoms with Gasteiger partial charge in [0.05, 0.1) is 6.42 Å². The van der Waals surface area contributed by atoms with Crippen LogP contribution in [0, 0.1) is 39.9 Å². The van der Waals surface area contributed by atoms with E-state index in [0.717, 1.165) is 12.3 Å². The zero-order valence-electron chi connectivity index (χ0n) is 20.9. The van der Waals surface area contributed by atoms with E-state index in [0.29, 0.717) is 29.1 Å². The largest absolute Gasteiger partial charge is 0.455 e. The van der Waals surface area contributed by atoms with Gasteiger partial charge in [0.1, 0.15) is 6.10 Å². The number of carbonyl (C=O) groups excluding carboxylic acids is 2. The number of fused-ring (bicyclic) bond motifs is 7. The van der Waals surface area contributed by atoms with Crippen molar-refractivity contribution in [3.05, 3.63) is 0 Å². The summed E-state index contributed by atoms with van der Waals surface area (Å²) in [6.07, 6.45) is 8.01. The van der Waals surface area contributed by atoms with E-state index in [1.165, 1.54) is 45.4 Å². The second kappa shape index (κ2) is 6.96. The van der Waals surface area contributed by atoms with Crippen molar-refractivity contribution in [3.63, 3.8) is 0 Å². The fraction of sp³-hybridized carbons (Fsp3) is 0.926. The summed E-state index contributed by atoms with van der Waals surface area (Å²) < 4.78 is 24.4. The molecule has 10 unspecified atom stereocenters. The maximum absolute atomic E-state index is 12.2. The molecule has 0 amide bonds. The fourth-order valence-corrected chi connectivity index (χ4v) is 10.1. The minimum atomic E-state index is -1.27. The monoisotopic (exact) mass is 460 g/mol. The number of ether oxygens (including phenoxy) is 4. The average Bonchev–Trinajstić information content (AvgIpc) is 3.15. The number of carbonyl (C=O) groups is 2. The molecule has 0 N–H and O–H groups in total. The molecule has 33 heavy (non-hydrogen) atoms. The van der Waals surface area contributed by atoms with Gasteiger partial charge in [-0.1, -0.05) is 34.1 Å². The van der Waals surface area contributed by atoms with Crippen molar-refractivity contribution < 1.29 is 28.5 Å². The lowest BCUT2D eigenvalue weighted by atomic mass is 9.38. The summed E-state index contributed by atoms with van der Waals surface area (Å²) in [6, 6.07) is 0. The first kappa shape index (κ1) is 22.3. The van der Waals surface area contributed by atoms with Gasteiger partial charge in [-0.3, -0.25) is 9.59 Å². The van der Waals surface area contributed by atoms with E-state index in [4.69, 9.17) is 18.9 Å². The highest BCUT2D eigenvalue weighted by Crippen LogP contribution is 2.71. The molecule has 1 spiro atoms. The van der Waals surface area contributed by atoms with Crippen molar-refractivity contribution in [2.24, 2.45) is 39.9 Å². The fourth-order valence-electron chi connectivity index (χ4n) is 10.1. The molecule has 0 radical (unpaired) electrons. The molecule has 6 aliphatic rings. The van der Waals surface area contributed by atoms with Crippen LogP contribution in [-0.2, 0) is 28.5 Å². The molecule has 184 valence electrons. The molecular weight excluding hydrogens is 420 g/mol. The van der Waals surface area contributed by atoms with E-state index in [2.05, 4.69) is 27.7 Å². The molecular formula is C27H40O6. The van der Waals surface area contributed by atoms with Gasteiger partial charge in [0.25, 0.3) is 5.79 Å². The standard InChI is InChI=1S/C27H40O6/c1-15(28)30-20-13-17-16(23-31-21-14-22(29)32-27(20,21)33-23)7-8-19-25(17,4)12-9-18-24(2,3)10-6-11-26(18,19)5/h16-21,23H,6-14H2,1-5H3. The Kier molecular flexibility index (Phi) is 4.71. The van der Waals surface area contributed by atoms with Gasteiger partial charge in [0.15, 0.2) is 12.4 Å². The lowest BCUT2D eigenvalue weighted by Crippen LogP contribution is -2.61. The Hall–Kier alpha value is -1.14. The summed E-state index contributed by atoms with van der Waals surface area (Å²) in [4.78, 5) is 24.4. The molecule has 6 nitrogen and oxygen atoms in total. The van der Waals surface area contributed by atoms with Crippen molar-refractivity contribution in [2.75, 3.05) is 0 Å². The van der Waals surface area contributed by atoms with Gasteiger partial charge in [0.2, 0.25) is 0 Å². The number of rotatable bonds is 1. The summed E-state index contributed by atoms with van der Waals surface area (Å²) in [5, 5.41) is 0. The maximum Gasteiger partial charge on any atom is 0.311 e. The van der Waals surface area contributed by atoms with Crippen LogP contribution in [0.25, 0.3) is 0 Å². The lowest BCUT2D eigenvalue weighted by molar-refractivity contribution is -0.255. The maximum atomic E-state index is 12.2. The zero-order chi connectivity index (χ0) is 23.4. The SMILES string of the molecule is CC(=O)OC1CC2C(CCC3C2(C)CCC2C(C)(C)CCCC23C)C2OC3CC(=O)OC13O2. The van der Waals surface area contributed by atoms with Crippen LogP contribution in [0.3, 0.4) is 0 Å². The van der Waals surface area contributed by atoms with Crippen LogP contribution in [0.2, 0.25) is 0 Å². The second-order valence-corrected chi connectivity index (χ2v) is 13.2. The van der Waals surface area contributed by atoms with E-state index < -0.39 is 18.0 Å². The predicted molar refractivity (Wildman–Crippen MR) is 120 cm³/mol. The van der Waals surface area contributed by atoms with Crippen LogP contribution in [0.4, 0.5) is 0 Å². The number of hydrogen-bond donors (Lipinski definition) is 0. The molecule has 0 aromatic heterocycles. The van der Waals surface area contributed by atoms with Crippen LogP contribution in [0.5, 0.6) is 0 Å². The van der Waals surface area contributed by atoms with Crippen molar-refractivity contribution in [1.29, 1.82) is 0 Å². The lowest BCUT2D eigenvalue weighted by Gasteiger charge is -2.67. The van der Waals surface area contributed by atoms with E-state index >= 15 is 0 Å². The molecule has 2 bridgehead atoms. The first-order valence-corrected chi connectivity index (χ1v) is 13.2. The highest BCUT2D eigenvalue weighted by molar-refractivity contribution is 5.74. The minimum absolute atomic E-state index is 0.131. The summed E-state index contributed by atoms with van der Waals surface area (Å²) in [7, 11) is 0. The van der Waals surface area contributed by atoms with E-state index in [1.54, 1.807) is 0 Å². The van der Waals surface area contributed by atoms with Gasteiger partial charge >= 0.3 is 11.9 Å². The third-order valence-electron chi connectivity index (χ3n) is 11.2. The highest BCUT2D eigenvalue weighted by Gasteiger charge is 2.71. The number of esters is 2. The van der Waals surface area contributed by atoms with Gasteiger partial charge < -0.3 is 18.9 Å². The summed E-state index contributed by atoms with van der Waals surface area (Å²) in [6.45, 7) is 11.5. The van der Waals surface area contributed by atoms with E-state index in [1.807, 2.05) is 0 Å². The van der Waals surface area contributed by atoms with Gasteiger partial charge in [-0.05, 0) is 78.9 Å². The Balaban J connectivity index is 1.39. The van der Waals surface area contributed by atoms with E-state index in [9.17, 15) is 9.59 Å². The summed E-state index contributed by atoms with van der Waals surface area (Å²) in [5.41, 5.74) is 0.862. The second-order valence-electron chi connectivity index (χ2n) is 13.2. The van der Waals surface area contributed by atoms with Crippen LogP contribution in [0.15, 0.2) is 0 Å². The first-order chi connectivity index (χ1) is 15.5. The van der Waals surface area contributed by atoms with Crippen LogP contribution < -0.4 is 0 Å². The van der Waals surface area contributed by atoms with E-state index in [-0.39, 0.29) is 36.0 Å². The Morgan fingerprint density at radius 3 is 2.55 bits per heavy atom. The Labute approximate surface area is 197 Å². The van der Waals surface area contributed by atoms with Crippen molar-refractivity contribution >= 4 is 11.9 Å². The van der Waals surface area contributed by atoms with Crippen LogP contribution in [-0.4, -0.2) is 36.2 Å². The molecule has 6 heteroatoms. The first-order valence-electron chi connectivity index (χ1n) is 13.2. The van der Waals surface area contributed by atoms with Gasteiger partial charge in [-0.2, -0.15) is 0 Å². The molecule has 0 aromatic carbocycles. The minimum Gasteiger partial charge on any atom is -0.455 e. The third kappa shape index (κ3) is 2.92. The predicted octanol–water partition coefficient (Wildman–Crippen LogP) is 4.98. The number of hydrogen-bond acceptors (Lipinski definition) is 6. The van der Waals surface area contributed by atoms with Gasteiger partial charge in [0, 0.05) is 12.8 Å². The van der Waals surface area contributed by atoms with Crippen molar-refractivity contribution in [3.8, 4) is 0 Å². The van der Waals surface area contributed by atoms with Gasteiger partial charge in [-0.25, -0.2) is 0 Å². The molecule has 3 saturated carbocycles. The molecule has 6 rings (SSSR count). The van der Waals surface area contributed by atoms with Crippen LogP contribution in [0.1, 0.15) is 92.4 Å². The molecule has 6 fully saturated rings. The van der Waals surface area contributed by atoms with Crippen LogP contribution >= 0.6 is 0 Å². The molecule has 3 saturated heterocycles. The highest BCUT2D eigenvalue weighted by atomic mass is 16.9. The summed E-state index contributed by atoms with van der Waals surface area (Å²) in [5.74, 6) is -0.0156. The molecule has 3 aliphatic carbocycles. The topological polar surface area (TPSA) is 71.1 Å². The quantitative estimate of drug-likeness (QED) is 0.514. The average molecular weight is 461 g/mol.